The Bertz CT molecular complexity index is 666. The predicted molar refractivity (Wildman–Crippen MR) is 75.2 cm³/mol. The van der Waals surface area contributed by atoms with Crippen molar-refractivity contribution in [3.8, 4) is 6.07 Å². The summed E-state index contributed by atoms with van der Waals surface area (Å²) in [5.74, 6) is 0.686. The van der Waals surface area contributed by atoms with Crippen LogP contribution in [0.25, 0.3) is 0 Å². The fraction of sp³-hybridized carbons (Fsp3) is 0.286. The molecule has 1 aliphatic rings. The van der Waals surface area contributed by atoms with Crippen molar-refractivity contribution in [1.82, 2.24) is 15.2 Å². The fourth-order valence-electron chi connectivity index (χ4n) is 2.36. The molecule has 21 heavy (non-hydrogen) atoms. The monoisotopic (exact) mass is 284 g/mol. The van der Waals surface area contributed by atoms with Crippen molar-refractivity contribution in [2.75, 3.05) is 23.3 Å². The summed E-state index contributed by atoms with van der Waals surface area (Å²) in [5.41, 5.74) is 0.282. The zero-order valence-electron chi connectivity index (χ0n) is 11.2. The Labute approximate surface area is 121 Å². The minimum absolute atomic E-state index is 0.147. The molecule has 1 aliphatic heterocycles. The molecule has 0 spiro atoms. The minimum atomic E-state index is -0.309. The molecule has 2 aromatic heterocycles. The Balaban J connectivity index is 1.64. The molecule has 7 heteroatoms. The molecular weight excluding hydrogens is 271 g/mol. The molecule has 0 aliphatic carbocycles. The van der Waals surface area contributed by atoms with Gasteiger partial charge >= 0.3 is 0 Å². The van der Waals surface area contributed by atoms with Crippen LogP contribution in [0, 0.1) is 17.1 Å². The third-order valence-electron chi connectivity index (χ3n) is 3.36. The van der Waals surface area contributed by atoms with Crippen molar-refractivity contribution in [3.63, 3.8) is 0 Å². The molecule has 6 nitrogen and oxygen atoms in total. The SMILES string of the molecule is N#Cc1ccc(NC2CCN(c3ncccc3F)C2)nn1. The van der Waals surface area contributed by atoms with Crippen molar-refractivity contribution < 1.29 is 4.39 Å². The maximum absolute atomic E-state index is 13.7. The molecule has 1 saturated heterocycles. The second kappa shape index (κ2) is 5.71. The van der Waals surface area contributed by atoms with Gasteiger partial charge in [0, 0.05) is 25.3 Å². The normalized spacial score (nSPS) is 17.5. The summed E-state index contributed by atoms with van der Waals surface area (Å²) in [6, 6.07) is 8.39. The van der Waals surface area contributed by atoms with E-state index in [0.29, 0.717) is 18.2 Å². The second-order valence-electron chi connectivity index (χ2n) is 4.80. The molecule has 1 fully saturated rings. The average Bonchev–Trinajstić information content (AvgIpc) is 2.97. The highest BCUT2D eigenvalue weighted by molar-refractivity contribution is 5.44. The highest BCUT2D eigenvalue weighted by atomic mass is 19.1. The number of halogens is 1. The molecule has 1 unspecified atom stereocenters. The van der Waals surface area contributed by atoms with Crippen LogP contribution in [-0.2, 0) is 0 Å². The lowest BCUT2D eigenvalue weighted by atomic mass is 10.2. The highest BCUT2D eigenvalue weighted by Crippen LogP contribution is 2.22. The van der Waals surface area contributed by atoms with Crippen LogP contribution >= 0.6 is 0 Å². The van der Waals surface area contributed by atoms with Crippen LogP contribution < -0.4 is 10.2 Å². The number of nitriles is 1. The first-order chi connectivity index (χ1) is 10.3. The average molecular weight is 284 g/mol. The molecule has 3 heterocycles. The van der Waals surface area contributed by atoms with Crippen molar-refractivity contribution in [2.45, 2.75) is 12.5 Å². The molecule has 3 rings (SSSR count). The number of aromatic nitrogens is 3. The third kappa shape index (κ3) is 2.89. The summed E-state index contributed by atoms with van der Waals surface area (Å²) >= 11 is 0. The Morgan fingerprint density at radius 2 is 2.24 bits per heavy atom. The summed E-state index contributed by atoms with van der Waals surface area (Å²) in [4.78, 5) is 5.99. The van der Waals surface area contributed by atoms with Crippen molar-refractivity contribution in [3.05, 3.63) is 42.0 Å². The molecule has 0 radical (unpaired) electrons. The zero-order valence-corrected chi connectivity index (χ0v) is 11.2. The summed E-state index contributed by atoms with van der Waals surface area (Å²) in [6.45, 7) is 1.38. The summed E-state index contributed by atoms with van der Waals surface area (Å²) in [7, 11) is 0. The number of pyridine rings is 1. The molecule has 106 valence electrons. The fourth-order valence-corrected chi connectivity index (χ4v) is 2.36. The van der Waals surface area contributed by atoms with Crippen LogP contribution in [0.1, 0.15) is 12.1 Å². The molecule has 0 aromatic carbocycles. The molecule has 1 atom stereocenters. The van der Waals surface area contributed by atoms with E-state index in [9.17, 15) is 4.39 Å². The smallest absolute Gasteiger partial charge is 0.165 e. The van der Waals surface area contributed by atoms with Crippen LogP contribution in [-0.4, -0.2) is 34.3 Å². The first-order valence-electron chi connectivity index (χ1n) is 6.62. The first kappa shape index (κ1) is 13.2. The van der Waals surface area contributed by atoms with E-state index in [1.165, 1.54) is 6.07 Å². The van der Waals surface area contributed by atoms with Crippen molar-refractivity contribution >= 4 is 11.6 Å². The number of nitrogens with zero attached hydrogens (tertiary/aromatic N) is 5. The number of nitrogens with one attached hydrogen (secondary N) is 1. The van der Waals surface area contributed by atoms with Gasteiger partial charge in [-0.15, -0.1) is 10.2 Å². The van der Waals surface area contributed by atoms with Gasteiger partial charge in [0.05, 0.1) is 0 Å². The van der Waals surface area contributed by atoms with E-state index in [2.05, 4.69) is 20.5 Å². The van der Waals surface area contributed by atoms with Crippen molar-refractivity contribution in [1.29, 1.82) is 5.26 Å². The molecule has 0 amide bonds. The van der Waals surface area contributed by atoms with Crippen molar-refractivity contribution in [2.24, 2.45) is 0 Å². The van der Waals surface area contributed by atoms with Crippen LogP contribution in [0.5, 0.6) is 0 Å². The van der Waals surface area contributed by atoms with E-state index in [1.54, 1.807) is 24.4 Å². The molecule has 0 bridgehead atoms. The Kier molecular flexibility index (Phi) is 3.60. The molecule has 2 aromatic rings. The highest BCUT2D eigenvalue weighted by Gasteiger charge is 2.25. The van der Waals surface area contributed by atoms with Gasteiger partial charge in [-0.1, -0.05) is 0 Å². The van der Waals surface area contributed by atoms with Crippen LogP contribution in [0.4, 0.5) is 16.0 Å². The topological polar surface area (TPSA) is 77.7 Å². The maximum atomic E-state index is 13.7. The van der Waals surface area contributed by atoms with Gasteiger partial charge in [0.2, 0.25) is 0 Å². The van der Waals surface area contributed by atoms with Crippen LogP contribution in [0.2, 0.25) is 0 Å². The van der Waals surface area contributed by atoms with Gasteiger partial charge in [0.15, 0.2) is 17.3 Å². The van der Waals surface area contributed by atoms with E-state index in [-0.39, 0.29) is 17.6 Å². The summed E-state index contributed by atoms with van der Waals surface area (Å²) in [5, 5.41) is 19.6. The lowest BCUT2D eigenvalue weighted by Crippen LogP contribution is -2.27. The predicted octanol–water partition coefficient (Wildman–Crippen LogP) is 1.57. The number of rotatable bonds is 3. The van der Waals surface area contributed by atoms with Gasteiger partial charge in [-0.05, 0) is 30.7 Å². The Hall–Kier alpha value is -2.75. The lowest BCUT2D eigenvalue weighted by molar-refractivity contribution is 0.615. The number of anilines is 2. The third-order valence-corrected chi connectivity index (χ3v) is 3.36. The zero-order chi connectivity index (χ0) is 14.7. The van der Waals surface area contributed by atoms with Gasteiger partial charge < -0.3 is 10.2 Å². The minimum Gasteiger partial charge on any atom is -0.364 e. The number of hydrogen-bond acceptors (Lipinski definition) is 6. The lowest BCUT2D eigenvalue weighted by Gasteiger charge is -2.18. The standard InChI is InChI=1S/C14H13FN6/c15-12-2-1-6-17-14(12)21-7-5-11(9-21)18-13-4-3-10(8-16)19-20-13/h1-4,6,11H,5,7,9H2,(H,18,20). The first-order valence-corrected chi connectivity index (χ1v) is 6.62. The Morgan fingerprint density at radius 1 is 1.33 bits per heavy atom. The Morgan fingerprint density at radius 3 is 2.95 bits per heavy atom. The van der Waals surface area contributed by atoms with E-state index in [4.69, 9.17) is 5.26 Å². The van der Waals surface area contributed by atoms with Crippen LogP contribution in [0.3, 0.4) is 0 Å². The van der Waals surface area contributed by atoms with Crippen LogP contribution in [0.15, 0.2) is 30.5 Å². The van der Waals surface area contributed by atoms with E-state index < -0.39 is 0 Å². The largest absolute Gasteiger partial charge is 0.364 e. The second-order valence-corrected chi connectivity index (χ2v) is 4.80. The quantitative estimate of drug-likeness (QED) is 0.922. The van der Waals surface area contributed by atoms with E-state index in [1.807, 2.05) is 11.0 Å². The number of hydrogen-bond donors (Lipinski definition) is 1. The van der Waals surface area contributed by atoms with Gasteiger partial charge in [-0.25, -0.2) is 9.37 Å². The molecular formula is C14H13FN6. The van der Waals surface area contributed by atoms with Gasteiger partial charge in [-0.2, -0.15) is 5.26 Å². The van der Waals surface area contributed by atoms with E-state index >= 15 is 0 Å². The summed E-state index contributed by atoms with van der Waals surface area (Å²) in [6.07, 6.45) is 2.45. The van der Waals surface area contributed by atoms with Gasteiger partial charge in [-0.3, -0.25) is 0 Å². The van der Waals surface area contributed by atoms with Gasteiger partial charge in [0.1, 0.15) is 11.9 Å². The summed E-state index contributed by atoms with van der Waals surface area (Å²) < 4.78 is 13.7. The molecule has 1 N–H and O–H groups in total. The molecule has 0 saturated carbocycles. The van der Waals surface area contributed by atoms with E-state index in [0.717, 1.165) is 13.0 Å². The van der Waals surface area contributed by atoms with Gasteiger partial charge in [0.25, 0.3) is 0 Å². The maximum Gasteiger partial charge on any atom is 0.165 e.